The third-order valence-electron chi connectivity index (χ3n) is 4.67. The Morgan fingerprint density at radius 1 is 1.14 bits per heavy atom. The maximum Gasteiger partial charge on any atom is 0.261 e. The molecule has 0 aliphatic carbocycles. The Bertz CT molecular complexity index is 1150. The second-order valence-electron chi connectivity index (χ2n) is 6.70. The molecule has 6 nitrogen and oxygen atoms in total. The first-order valence-electron chi connectivity index (χ1n) is 8.96. The molecule has 0 saturated carbocycles. The van der Waals surface area contributed by atoms with E-state index in [4.69, 9.17) is 0 Å². The van der Waals surface area contributed by atoms with Gasteiger partial charge in [0.15, 0.2) is 0 Å². The second kappa shape index (κ2) is 7.88. The number of hydrogen-bond acceptors (Lipinski definition) is 5. The number of fused-ring (bicyclic) bond motifs is 1. The number of aromatic nitrogens is 1. The number of carbonyl (C=O) groups is 1. The average Bonchev–Trinajstić information content (AvgIpc) is 3.01. The van der Waals surface area contributed by atoms with Crippen molar-refractivity contribution in [3.05, 3.63) is 78.1 Å². The Labute approximate surface area is 174 Å². The smallest absolute Gasteiger partial charge is 0.261 e. The molecule has 29 heavy (non-hydrogen) atoms. The van der Waals surface area contributed by atoms with Gasteiger partial charge in [-0.05, 0) is 59.7 Å². The van der Waals surface area contributed by atoms with Crippen molar-refractivity contribution in [2.24, 2.45) is 0 Å². The van der Waals surface area contributed by atoms with Crippen molar-refractivity contribution >= 4 is 39.1 Å². The molecule has 3 aromatic rings. The lowest BCUT2D eigenvalue weighted by Crippen LogP contribution is -2.20. The number of hydrogen-bond donors (Lipinski definition) is 1. The monoisotopic (exact) mass is 425 g/mol. The molecule has 8 heteroatoms. The van der Waals surface area contributed by atoms with Gasteiger partial charge in [0.2, 0.25) is 5.91 Å². The van der Waals surface area contributed by atoms with Gasteiger partial charge in [-0.25, -0.2) is 8.42 Å². The summed E-state index contributed by atoms with van der Waals surface area (Å²) in [5, 5.41) is 0. The Morgan fingerprint density at radius 3 is 2.66 bits per heavy atom. The van der Waals surface area contributed by atoms with Crippen LogP contribution in [0.1, 0.15) is 11.1 Å². The molecule has 148 valence electrons. The van der Waals surface area contributed by atoms with Crippen molar-refractivity contribution in [3.8, 4) is 0 Å². The number of anilines is 2. The zero-order chi connectivity index (χ0) is 20.4. The van der Waals surface area contributed by atoms with Gasteiger partial charge >= 0.3 is 0 Å². The third kappa shape index (κ3) is 4.28. The molecule has 1 aliphatic rings. The SMILES string of the molecule is CN1C(=O)Cc2cc(S(=O)(=O)Nc3ccc(SCc4cccnc4)cc3)ccc21. The van der Waals surface area contributed by atoms with Crippen molar-refractivity contribution < 1.29 is 13.2 Å². The molecule has 2 heterocycles. The molecular weight excluding hydrogens is 406 g/mol. The summed E-state index contributed by atoms with van der Waals surface area (Å²) in [5.41, 5.74) is 3.10. The van der Waals surface area contributed by atoms with E-state index in [0.717, 1.165) is 27.5 Å². The van der Waals surface area contributed by atoms with E-state index in [1.807, 2.05) is 30.5 Å². The number of amides is 1. The Morgan fingerprint density at radius 2 is 1.93 bits per heavy atom. The summed E-state index contributed by atoms with van der Waals surface area (Å²) in [6, 6.07) is 15.9. The van der Waals surface area contributed by atoms with Crippen LogP contribution in [0, 0.1) is 0 Å². The van der Waals surface area contributed by atoms with Crippen molar-refractivity contribution in [1.29, 1.82) is 0 Å². The van der Waals surface area contributed by atoms with Crippen molar-refractivity contribution in [3.63, 3.8) is 0 Å². The highest BCUT2D eigenvalue weighted by atomic mass is 32.2. The zero-order valence-corrected chi connectivity index (χ0v) is 17.3. The number of rotatable bonds is 6. The molecule has 1 N–H and O–H groups in total. The van der Waals surface area contributed by atoms with Crippen LogP contribution in [0.3, 0.4) is 0 Å². The lowest BCUT2D eigenvalue weighted by Gasteiger charge is -2.12. The highest BCUT2D eigenvalue weighted by molar-refractivity contribution is 7.98. The van der Waals surface area contributed by atoms with E-state index in [2.05, 4.69) is 9.71 Å². The van der Waals surface area contributed by atoms with E-state index >= 15 is 0 Å². The molecule has 0 spiro atoms. The molecule has 0 bridgehead atoms. The van der Waals surface area contributed by atoms with Crippen LogP contribution in [0.5, 0.6) is 0 Å². The van der Waals surface area contributed by atoms with E-state index in [-0.39, 0.29) is 17.2 Å². The topological polar surface area (TPSA) is 79.4 Å². The van der Waals surface area contributed by atoms with Crippen LogP contribution in [-0.2, 0) is 27.0 Å². The van der Waals surface area contributed by atoms with E-state index in [1.165, 1.54) is 6.07 Å². The van der Waals surface area contributed by atoms with E-state index in [0.29, 0.717) is 5.69 Å². The van der Waals surface area contributed by atoms with Crippen molar-refractivity contribution in [2.75, 3.05) is 16.7 Å². The first-order chi connectivity index (χ1) is 13.9. The molecular formula is C21H19N3O3S2. The van der Waals surface area contributed by atoms with Crippen LogP contribution in [0.15, 0.2) is 76.8 Å². The summed E-state index contributed by atoms with van der Waals surface area (Å²) in [6.07, 6.45) is 3.79. The largest absolute Gasteiger partial charge is 0.315 e. The van der Waals surface area contributed by atoms with Crippen LogP contribution >= 0.6 is 11.8 Å². The second-order valence-corrected chi connectivity index (χ2v) is 9.43. The van der Waals surface area contributed by atoms with Gasteiger partial charge in [0.05, 0.1) is 11.3 Å². The van der Waals surface area contributed by atoms with Crippen LogP contribution in [-0.4, -0.2) is 26.4 Å². The van der Waals surface area contributed by atoms with Crippen molar-refractivity contribution in [2.45, 2.75) is 22.0 Å². The minimum Gasteiger partial charge on any atom is -0.315 e. The fourth-order valence-corrected chi connectivity index (χ4v) is 5.04. The molecule has 0 atom stereocenters. The standard InChI is InChI=1S/C21H19N3O3S2/c1-24-20-9-8-19(11-16(20)12-21(24)25)29(26,27)23-17-4-6-18(7-5-17)28-14-15-3-2-10-22-13-15/h2-11,13,23H,12,14H2,1H3. The molecule has 0 fully saturated rings. The predicted molar refractivity (Wildman–Crippen MR) is 115 cm³/mol. The molecule has 0 saturated heterocycles. The summed E-state index contributed by atoms with van der Waals surface area (Å²) < 4.78 is 28.1. The van der Waals surface area contributed by atoms with Gasteiger partial charge in [0.25, 0.3) is 10.0 Å². The number of nitrogens with one attached hydrogen (secondary N) is 1. The molecule has 2 aromatic carbocycles. The number of likely N-dealkylation sites (N-methyl/N-ethyl adjacent to an activating group) is 1. The van der Waals surface area contributed by atoms with Gasteiger partial charge in [0, 0.05) is 41.5 Å². The van der Waals surface area contributed by atoms with Gasteiger partial charge in [-0.2, -0.15) is 0 Å². The van der Waals surface area contributed by atoms with Gasteiger partial charge < -0.3 is 4.90 Å². The molecule has 0 radical (unpaired) electrons. The summed E-state index contributed by atoms with van der Waals surface area (Å²) in [6.45, 7) is 0. The minimum atomic E-state index is -3.73. The Kier molecular flexibility index (Phi) is 5.29. The minimum absolute atomic E-state index is 0.0399. The predicted octanol–water partition coefficient (Wildman–Crippen LogP) is 3.69. The zero-order valence-electron chi connectivity index (χ0n) is 15.7. The van der Waals surface area contributed by atoms with Gasteiger partial charge in [-0.1, -0.05) is 6.07 Å². The van der Waals surface area contributed by atoms with E-state index in [9.17, 15) is 13.2 Å². The fourth-order valence-electron chi connectivity index (χ4n) is 3.10. The number of pyridine rings is 1. The van der Waals surface area contributed by atoms with Crippen LogP contribution < -0.4 is 9.62 Å². The first-order valence-corrected chi connectivity index (χ1v) is 11.4. The summed E-state index contributed by atoms with van der Waals surface area (Å²) in [4.78, 5) is 18.6. The number of thioether (sulfide) groups is 1. The average molecular weight is 426 g/mol. The lowest BCUT2D eigenvalue weighted by atomic mass is 10.2. The molecule has 0 unspecified atom stereocenters. The van der Waals surface area contributed by atoms with Gasteiger partial charge in [-0.15, -0.1) is 11.8 Å². The number of carbonyl (C=O) groups excluding carboxylic acids is 1. The van der Waals surface area contributed by atoms with Gasteiger partial charge in [0.1, 0.15) is 0 Å². The fraction of sp³-hybridized carbons (Fsp3) is 0.143. The van der Waals surface area contributed by atoms with Crippen LogP contribution in [0.2, 0.25) is 0 Å². The normalized spacial score (nSPS) is 13.4. The van der Waals surface area contributed by atoms with E-state index < -0.39 is 10.0 Å². The third-order valence-corrected chi connectivity index (χ3v) is 7.14. The Hall–Kier alpha value is -2.84. The van der Waals surface area contributed by atoms with E-state index in [1.54, 1.807) is 54.2 Å². The molecule has 4 rings (SSSR count). The summed E-state index contributed by atoms with van der Waals surface area (Å²) in [5.74, 6) is 0.753. The maximum absolute atomic E-state index is 12.7. The van der Waals surface area contributed by atoms with Gasteiger partial charge in [-0.3, -0.25) is 14.5 Å². The molecule has 1 aliphatic heterocycles. The summed E-state index contributed by atoms with van der Waals surface area (Å²) in [7, 11) is -2.04. The highest BCUT2D eigenvalue weighted by Crippen LogP contribution is 2.30. The quantitative estimate of drug-likeness (QED) is 0.609. The maximum atomic E-state index is 12.7. The number of nitrogens with zero attached hydrogens (tertiary/aromatic N) is 2. The van der Waals surface area contributed by atoms with Crippen LogP contribution in [0.4, 0.5) is 11.4 Å². The highest BCUT2D eigenvalue weighted by Gasteiger charge is 2.26. The van der Waals surface area contributed by atoms with Crippen molar-refractivity contribution in [1.82, 2.24) is 4.98 Å². The molecule has 1 aromatic heterocycles. The summed E-state index contributed by atoms with van der Waals surface area (Å²) >= 11 is 1.66. The lowest BCUT2D eigenvalue weighted by molar-refractivity contribution is -0.117. The number of benzene rings is 2. The molecule has 1 amide bonds. The Balaban J connectivity index is 1.45. The van der Waals surface area contributed by atoms with Crippen LogP contribution in [0.25, 0.3) is 0 Å². The first kappa shape index (κ1) is 19.5. The number of sulfonamides is 1.